The number of rotatable bonds is 4. The van der Waals surface area contributed by atoms with Crippen molar-refractivity contribution in [3.05, 3.63) is 0 Å². The molecule has 84 valence electrons. The second-order valence-corrected chi connectivity index (χ2v) is 4.43. The summed E-state index contributed by atoms with van der Waals surface area (Å²) in [7, 11) is 0. The highest BCUT2D eigenvalue weighted by Gasteiger charge is 2.31. The standard InChI is InChI=1S/C10H19FO3/c1-6-7(2)8(9(12)14-11)13-10(3,4)5/h7-8H,6H2,1-5H3/t7?,8-/m0/s1. The Morgan fingerprint density at radius 2 is 1.93 bits per heavy atom. The molecule has 0 fully saturated rings. The van der Waals surface area contributed by atoms with Gasteiger partial charge < -0.3 is 4.74 Å². The average Bonchev–Trinajstić information content (AvgIpc) is 2.10. The highest BCUT2D eigenvalue weighted by atomic mass is 19.3. The Hall–Kier alpha value is -0.640. The number of halogens is 1. The zero-order chi connectivity index (χ0) is 11.4. The molecule has 0 amide bonds. The van der Waals surface area contributed by atoms with Gasteiger partial charge in [0.05, 0.1) is 5.60 Å². The summed E-state index contributed by atoms with van der Waals surface area (Å²) in [4.78, 5) is 14.3. The summed E-state index contributed by atoms with van der Waals surface area (Å²) < 4.78 is 17.2. The SMILES string of the molecule is CCC(C)[C@H](OC(C)(C)C)C(=O)OF. The predicted octanol–water partition coefficient (Wildman–Crippen LogP) is 2.64. The first kappa shape index (κ1) is 13.4. The van der Waals surface area contributed by atoms with Gasteiger partial charge in [0.2, 0.25) is 0 Å². The van der Waals surface area contributed by atoms with E-state index in [0.717, 1.165) is 6.42 Å². The fraction of sp³-hybridized carbons (Fsp3) is 0.900. The number of hydrogen-bond acceptors (Lipinski definition) is 3. The first-order chi connectivity index (χ1) is 6.31. The summed E-state index contributed by atoms with van der Waals surface area (Å²) in [6, 6.07) is 0. The minimum absolute atomic E-state index is 0.0579. The fourth-order valence-electron chi connectivity index (χ4n) is 1.04. The maximum atomic E-state index is 11.8. The molecule has 0 aromatic rings. The van der Waals surface area contributed by atoms with Gasteiger partial charge in [-0.2, -0.15) is 0 Å². The van der Waals surface area contributed by atoms with Crippen LogP contribution in [0.15, 0.2) is 0 Å². The maximum Gasteiger partial charge on any atom is 0.377 e. The Balaban J connectivity index is 4.48. The van der Waals surface area contributed by atoms with Crippen LogP contribution in [0, 0.1) is 5.92 Å². The maximum absolute atomic E-state index is 11.8. The molecule has 0 rings (SSSR count). The van der Waals surface area contributed by atoms with Crippen LogP contribution >= 0.6 is 0 Å². The van der Waals surface area contributed by atoms with E-state index in [1.165, 1.54) is 0 Å². The molecule has 0 radical (unpaired) electrons. The third-order valence-electron chi connectivity index (χ3n) is 1.95. The van der Waals surface area contributed by atoms with Crippen molar-refractivity contribution in [3.63, 3.8) is 0 Å². The highest BCUT2D eigenvalue weighted by molar-refractivity contribution is 5.74. The van der Waals surface area contributed by atoms with E-state index in [1.54, 1.807) is 0 Å². The molecule has 0 aliphatic carbocycles. The van der Waals surface area contributed by atoms with Crippen LogP contribution in [0.4, 0.5) is 4.53 Å². The summed E-state index contributed by atoms with van der Waals surface area (Å²) >= 11 is 0. The van der Waals surface area contributed by atoms with Crippen LogP contribution in [0.25, 0.3) is 0 Å². The zero-order valence-corrected chi connectivity index (χ0v) is 9.46. The minimum atomic E-state index is -0.950. The van der Waals surface area contributed by atoms with Crippen LogP contribution in [-0.4, -0.2) is 17.7 Å². The quantitative estimate of drug-likeness (QED) is 0.709. The van der Waals surface area contributed by atoms with Crippen molar-refractivity contribution >= 4 is 5.97 Å². The van der Waals surface area contributed by atoms with Crippen LogP contribution in [0.5, 0.6) is 0 Å². The second-order valence-electron chi connectivity index (χ2n) is 4.43. The lowest BCUT2D eigenvalue weighted by molar-refractivity contribution is -0.208. The average molecular weight is 206 g/mol. The Kier molecular flexibility index (Phi) is 5.05. The van der Waals surface area contributed by atoms with Crippen molar-refractivity contribution in [3.8, 4) is 0 Å². The van der Waals surface area contributed by atoms with Gasteiger partial charge in [-0.1, -0.05) is 20.3 Å². The van der Waals surface area contributed by atoms with Crippen molar-refractivity contribution < 1.29 is 19.0 Å². The third-order valence-corrected chi connectivity index (χ3v) is 1.95. The molecule has 1 unspecified atom stereocenters. The van der Waals surface area contributed by atoms with Gasteiger partial charge in [-0.15, -0.1) is 0 Å². The molecule has 0 aliphatic rings. The molecular formula is C10H19FO3. The smallest absolute Gasteiger partial charge is 0.361 e. The van der Waals surface area contributed by atoms with Crippen LogP contribution in [-0.2, 0) is 14.5 Å². The molecule has 4 heteroatoms. The van der Waals surface area contributed by atoms with Gasteiger partial charge in [0.15, 0.2) is 6.10 Å². The molecule has 0 N–H and O–H groups in total. The van der Waals surface area contributed by atoms with Gasteiger partial charge >= 0.3 is 5.97 Å². The number of hydrogen-bond donors (Lipinski definition) is 0. The molecule has 3 nitrogen and oxygen atoms in total. The van der Waals surface area contributed by atoms with Crippen LogP contribution in [0.2, 0.25) is 0 Å². The van der Waals surface area contributed by atoms with Crippen LogP contribution < -0.4 is 0 Å². The lowest BCUT2D eigenvalue weighted by Crippen LogP contribution is -2.38. The van der Waals surface area contributed by atoms with Gasteiger partial charge in [-0.3, -0.25) is 4.94 Å². The van der Waals surface area contributed by atoms with E-state index >= 15 is 0 Å². The Morgan fingerprint density at radius 3 is 2.21 bits per heavy atom. The van der Waals surface area contributed by atoms with E-state index in [0.29, 0.717) is 0 Å². The first-order valence-electron chi connectivity index (χ1n) is 4.82. The molecule has 0 aromatic heterocycles. The van der Waals surface area contributed by atoms with Crippen molar-refractivity contribution in [1.29, 1.82) is 0 Å². The molecule has 2 atom stereocenters. The summed E-state index contributed by atoms with van der Waals surface area (Å²) in [5, 5.41) is 0. The van der Waals surface area contributed by atoms with E-state index in [9.17, 15) is 9.32 Å². The molecule has 0 heterocycles. The van der Waals surface area contributed by atoms with Gasteiger partial charge in [0, 0.05) is 4.53 Å². The zero-order valence-electron chi connectivity index (χ0n) is 9.46. The largest absolute Gasteiger partial charge is 0.377 e. The van der Waals surface area contributed by atoms with Crippen molar-refractivity contribution in [1.82, 2.24) is 0 Å². The summed E-state index contributed by atoms with van der Waals surface area (Å²) in [6.07, 6.45) is -0.0967. The summed E-state index contributed by atoms with van der Waals surface area (Å²) in [6.45, 7) is 9.18. The normalized spacial score (nSPS) is 16.1. The molecule has 14 heavy (non-hydrogen) atoms. The van der Waals surface area contributed by atoms with Gasteiger partial charge in [-0.25, -0.2) is 4.79 Å². The van der Waals surface area contributed by atoms with Crippen LogP contribution in [0.3, 0.4) is 0 Å². The predicted molar refractivity (Wildman–Crippen MR) is 51.3 cm³/mol. The van der Waals surface area contributed by atoms with E-state index in [1.807, 2.05) is 34.6 Å². The van der Waals surface area contributed by atoms with Crippen molar-refractivity contribution in [2.45, 2.75) is 52.7 Å². The Bertz CT molecular complexity index is 186. The van der Waals surface area contributed by atoms with E-state index in [2.05, 4.69) is 4.94 Å². The number of carbonyl (C=O) groups excluding carboxylic acids is 1. The topological polar surface area (TPSA) is 35.5 Å². The molecule has 0 saturated heterocycles. The lowest BCUT2D eigenvalue weighted by Gasteiger charge is -2.28. The molecule has 0 aliphatic heterocycles. The van der Waals surface area contributed by atoms with Gasteiger partial charge in [0.1, 0.15) is 0 Å². The summed E-state index contributed by atoms with van der Waals surface area (Å²) in [5.74, 6) is -1.01. The first-order valence-corrected chi connectivity index (χ1v) is 4.82. The highest BCUT2D eigenvalue weighted by Crippen LogP contribution is 2.20. The van der Waals surface area contributed by atoms with Crippen LogP contribution in [0.1, 0.15) is 41.0 Å². The number of ether oxygens (including phenoxy) is 1. The summed E-state index contributed by atoms with van der Waals surface area (Å²) in [5.41, 5.74) is -0.484. The van der Waals surface area contributed by atoms with Gasteiger partial charge in [-0.05, 0) is 26.7 Å². The monoisotopic (exact) mass is 206 g/mol. The van der Waals surface area contributed by atoms with E-state index in [-0.39, 0.29) is 5.92 Å². The second kappa shape index (κ2) is 5.29. The Labute approximate surface area is 84.5 Å². The van der Waals surface area contributed by atoms with E-state index < -0.39 is 17.7 Å². The van der Waals surface area contributed by atoms with Crippen molar-refractivity contribution in [2.24, 2.45) is 5.92 Å². The number of carbonyl (C=O) groups is 1. The molecule has 0 saturated carbocycles. The molecular weight excluding hydrogens is 187 g/mol. The lowest BCUT2D eigenvalue weighted by atomic mass is 10.0. The van der Waals surface area contributed by atoms with Gasteiger partial charge in [0.25, 0.3) is 0 Å². The van der Waals surface area contributed by atoms with Crippen molar-refractivity contribution in [2.75, 3.05) is 0 Å². The van der Waals surface area contributed by atoms with E-state index in [4.69, 9.17) is 4.74 Å². The third kappa shape index (κ3) is 4.56. The molecule has 0 aromatic carbocycles. The molecule has 0 spiro atoms. The molecule has 0 bridgehead atoms. The Morgan fingerprint density at radius 1 is 1.43 bits per heavy atom. The fourth-order valence-corrected chi connectivity index (χ4v) is 1.04. The minimum Gasteiger partial charge on any atom is -0.361 e.